The third-order valence-electron chi connectivity index (χ3n) is 1.54. The number of ether oxygens (including phenoxy) is 1. The van der Waals surface area contributed by atoms with Crippen molar-refractivity contribution in [1.82, 2.24) is 4.98 Å². The van der Waals surface area contributed by atoms with Gasteiger partial charge in [-0.2, -0.15) is 13.2 Å². The first-order chi connectivity index (χ1) is 6.97. The number of alkyl halides is 3. The maximum absolute atomic E-state index is 11.7. The van der Waals surface area contributed by atoms with E-state index in [1.807, 2.05) is 0 Å². The summed E-state index contributed by atoms with van der Waals surface area (Å²) in [6, 6.07) is -0.423. The Morgan fingerprint density at radius 1 is 1.53 bits per heavy atom. The zero-order valence-electron chi connectivity index (χ0n) is 7.83. The highest BCUT2D eigenvalue weighted by atomic mass is 32.1. The summed E-state index contributed by atoms with van der Waals surface area (Å²) in [4.78, 5) is 4.78. The normalized spacial score (nSPS) is 14.1. The van der Waals surface area contributed by atoms with Crippen LogP contribution in [0.3, 0.4) is 0 Å². The lowest BCUT2D eigenvalue weighted by molar-refractivity contribution is -0.174. The summed E-state index contributed by atoms with van der Waals surface area (Å²) in [6.07, 6.45) is -2.15. The van der Waals surface area contributed by atoms with E-state index in [0.717, 1.165) is 4.88 Å². The van der Waals surface area contributed by atoms with Gasteiger partial charge < -0.3 is 10.5 Å². The molecule has 1 unspecified atom stereocenters. The monoisotopic (exact) mass is 240 g/mol. The maximum atomic E-state index is 11.7. The Kier molecular flexibility index (Phi) is 4.49. The van der Waals surface area contributed by atoms with Gasteiger partial charge in [0.2, 0.25) is 0 Å². The fourth-order valence-corrected chi connectivity index (χ4v) is 1.68. The van der Waals surface area contributed by atoms with Crippen molar-refractivity contribution < 1.29 is 17.9 Å². The van der Waals surface area contributed by atoms with Gasteiger partial charge in [0.25, 0.3) is 0 Å². The number of aromatic nitrogens is 1. The molecule has 1 rings (SSSR count). The Labute approximate surface area is 89.1 Å². The molecule has 0 saturated heterocycles. The smallest absolute Gasteiger partial charge is 0.370 e. The molecule has 1 heterocycles. The number of nitrogens with two attached hydrogens (primary N) is 1. The van der Waals surface area contributed by atoms with E-state index in [9.17, 15) is 13.2 Å². The number of nitrogens with zero attached hydrogens (tertiary/aromatic N) is 1. The molecule has 0 aliphatic heterocycles. The molecule has 15 heavy (non-hydrogen) atoms. The summed E-state index contributed by atoms with van der Waals surface area (Å²) in [5, 5.41) is 0. The lowest BCUT2D eigenvalue weighted by Crippen LogP contribution is -2.30. The molecule has 0 aliphatic rings. The standard InChI is InChI=1S/C8H11F3N2OS/c9-8(10,11)4-14-3-6(12)1-7-2-13-5-15-7/h2,5-6H,1,3-4,12H2. The molecule has 7 heteroatoms. The van der Waals surface area contributed by atoms with Crippen LogP contribution in [0.5, 0.6) is 0 Å². The summed E-state index contributed by atoms with van der Waals surface area (Å²) in [5.74, 6) is 0. The van der Waals surface area contributed by atoms with Crippen LogP contribution in [0.4, 0.5) is 13.2 Å². The quantitative estimate of drug-likeness (QED) is 0.850. The van der Waals surface area contributed by atoms with Crippen molar-refractivity contribution in [3.63, 3.8) is 0 Å². The summed E-state index contributed by atoms with van der Waals surface area (Å²) >= 11 is 1.42. The summed E-state index contributed by atoms with van der Waals surface area (Å²) < 4.78 is 39.6. The minimum atomic E-state index is -4.29. The van der Waals surface area contributed by atoms with Crippen LogP contribution in [0.15, 0.2) is 11.7 Å². The molecule has 1 aromatic rings. The zero-order chi connectivity index (χ0) is 11.3. The van der Waals surface area contributed by atoms with Gasteiger partial charge in [0.15, 0.2) is 0 Å². The number of hydrogen-bond donors (Lipinski definition) is 1. The maximum Gasteiger partial charge on any atom is 0.411 e. The average molecular weight is 240 g/mol. The van der Waals surface area contributed by atoms with E-state index in [1.165, 1.54) is 11.3 Å². The molecule has 0 aliphatic carbocycles. The van der Waals surface area contributed by atoms with Crippen LogP contribution in [0.2, 0.25) is 0 Å². The van der Waals surface area contributed by atoms with Crippen molar-refractivity contribution in [3.05, 3.63) is 16.6 Å². The molecule has 0 amide bonds. The SMILES string of the molecule is NC(COCC(F)(F)F)Cc1cncs1. The Hall–Kier alpha value is -0.660. The van der Waals surface area contributed by atoms with Gasteiger partial charge in [0.1, 0.15) is 6.61 Å². The van der Waals surface area contributed by atoms with Crippen molar-refractivity contribution in [3.8, 4) is 0 Å². The van der Waals surface area contributed by atoms with Crippen molar-refractivity contribution in [1.29, 1.82) is 0 Å². The molecule has 0 radical (unpaired) electrons. The highest BCUT2D eigenvalue weighted by molar-refractivity contribution is 7.09. The number of rotatable bonds is 5. The fourth-order valence-electron chi connectivity index (χ4n) is 0.986. The van der Waals surface area contributed by atoms with Crippen LogP contribution in [-0.4, -0.2) is 30.4 Å². The molecule has 0 fully saturated rings. The van der Waals surface area contributed by atoms with Crippen molar-refractivity contribution >= 4 is 11.3 Å². The van der Waals surface area contributed by atoms with Crippen LogP contribution < -0.4 is 5.73 Å². The number of thiazole rings is 1. The Morgan fingerprint density at radius 2 is 2.27 bits per heavy atom. The minimum absolute atomic E-state index is 0.0998. The minimum Gasteiger partial charge on any atom is -0.370 e. The first kappa shape index (κ1) is 12.4. The van der Waals surface area contributed by atoms with Gasteiger partial charge in [-0.3, -0.25) is 4.98 Å². The highest BCUT2D eigenvalue weighted by Crippen LogP contribution is 2.14. The molecule has 0 aromatic carbocycles. The lowest BCUT2D eigenvalue weighted by Gasteiger charge is -2.12. The Morgan fingerprint density at radius 3 is 2.80 bits per heavy atom. The molecule has 0 saturated carbocycles. The van der Waals surface area contributed by atoms with Gasteiger partial charge in [-0.25, -0.2) is 0 Å². The van der Waals surface area contributed by atoms with Crippen molar-refractivity contribution in [2.75, 3.05) is 13.2 Å². The van der Waals surface area contributed by atoms with Crippen LogP contribution in [0, 0.1) is 0 Å². The van der Waals surface area contributed by atoms with Gasteiger partial charge >= 0.3 is 6.18 Å². The third-order valence-corrected chi connectivity index (χ3v) is 2.35. The molecule has 0 bridgehead atoms. The molecule has 86 valence electrons. The van der Waals surface area contributed by atoms with Crippen molar-refractivity contribution in [2.45, 2.75) is 18.6 Å². The van der Waals surface area contributed by atoms with Gasteiger partial charge in [-0.15, -0.1) is 11.3 Å². The highest BCUT2D eigenvalue weighted by Gasteiger charge is 2.27. The van der Waals surface area contributed by atoms with E-state index in [-0.39, 0.29) is 6.61 Å². The predicted octanol–water partition coefficient (Wildman–Crippen LogP) is 1.59. The predicted molar refractivity (Wildman–Crippen MR) is 50.7 cm³/mol. The van der Waals surface area contributed by atoms with Crippen LogP contribution in [0.25, 0.3) is 0 Å². The Bertz CT molecular complexity index is 276. The van der Waals surface area contributed by atoms with Crippen LogP contribution in [-0.2, 0) is 11.2 Å². The first-order valence-electron chi connectivity index (χ1n) is 4.25. The molecule has 2 N–H and O–H groups in total. The molecule has 0 spiro atoms. The second kappa shape index (κ2) is 5.43. The second-order valence-electron chi connectivity index (χ2n) is 3.06. The van der Waals surface area contributed by atoms with Crippen LogP contribution >= 0.6 is 11.3 Å². The summed E-state index contributed by atoms with van der Waals surface area (Å²) in [6.45, 7) is -1.35. The first-order valence-corrected chi connectivity index (χ1v) is 5.13. The average Bonchev–Trinajstić information content (AvgIpc) is 2.54. The molecular formula is C8H11F3N2OS. The van der Waals surface area contributed by atoms with Gasteiger partial charge in [0, 0.05) is 23.5 Å². The molecule has 1 aromatic heterocycles. The third kappa shape index (κ3) is 5.71. The lowest BCUT2D eigenvalue weighted by atomic mass is 10.2. The van der Waals surface area contributed by atoms with Gasteiger partial charge in [0.05, 0.1) is 12.1 Å². The van der Waals surface area contributed by atoms with E-state index in [2.05, 4.69) is 9.72 Å². The number of hydrogen-bond acceptors (Lipinski definition) is 4. The van der Waals surface area contributed by atoms with Crippen molar-refractivity contribution in [2.24, 2.45) is 5.73 Å². The van der Waals surface area contributed by atoms with E-state index in [1.54, 1.807) is 11.7 Å². The summed E-state index contributed by atoms with van der Waals surface area (Å²) in [7, 11) is 0. The topological polar surface area (TPSA) is 48.1 Å². The van der Waals surface area contributed by atoms with Gasteiger partial charge in [-0.1, -0.05) is 0 Å². The zero-order valence-corrected chi connectivity index (χ0v) is 8.64. The molecular weight excluding hydrogens is 229 g/mol. The number of halogens is 3. The Balaban J connectivity index is 2.17. The van der Waals surface area contributed by atoms with E-state index in [4.69, 9.17) is 5.73 Å². The molecule has 1 atom stereocenters. The van der Waals surface area contributed by atoms with E-state index in [0.29, 0.717) is 6.42 Å². The fraction of sp³-hybridized carbons (Fsp3) is 0.625. The largest absolute Gasteiger partial charge is 0.411 e. The summed E-state index contributed by atoms with van der Waals surface area (Å²) in [5.41, 5.74) is 7.23. The van der Waals surface area contributed by atoms with Crippen LogP contribution in [0.1, 0.15) is 4.88 Å². The second-order valence-corrected chi connectivity index (χ2v) is 4.03. The van der Waals surface area contributed by atoms with E-state index < -0.39 is 18.8 Å². The molecule has 3 nitrogen and oxygen atoms in total. The van der Waals surface area contributed by atoms with E-state index >= 15 is 0 Å². The van der Waals surface area contributed by atoms with Gasteiger partial charge in [-0.05, 0) is 0 Å².